The third kappa shape index (κ3) is 6.16. The third-order valence-corrected chi connectivity index (χ3v) is 5.93. The summed E-state index contributed by atoms with van der Waals surface area (Å²) in [6.45, 7) is 4.54. The number of nitrogens with one attached hydrogen (secondary N) is 1. The molecule has 0 aromatic heterocycles. The molecule has 2 aliphatic rings. The fraction of sp³-hybridized carbons (Fsp3) is 0.667. The molecule has 0 spiro atoms. The number of piperidine rings is 2. The van der Waals surface area contributed by atoms with E-state index < -0.39 is 0 Å². The summed E-state index contributed by atoms with van der Waals surface area (Å²) in [6.07, 6.45) is 6.65. The van der Waals surface area contributed by atoms with Crippen LogP contribution in [0.4, 0.5) is 4.39 Å². The van der Waals surface area contributed by atoms with Crippen LogP contribution in [-0.4, -0.2) is 55.0 Å². The molecule has 2 saturated heterocycles. The quantitative estimate of drug-likeness (QED) is 0.798. The van der Waals surface area contributed by atoms with Gasteiger partial charge in [0.1, 0.15) is 5.82 Å². The van der Waals surface area contributed by atoms with Crippen molar-refractivity contribution in [1.82, 2.24) is 15.1 Å². The van der Waals surface area contributed by atoms with E-state index in [1.54, 1.807) is 0 Å². The summed E-state index contributed by atoms with van der Waals surface area (Å²) < 4.78 is 13.1. The fourth-order valence-corrected chi connectivity index (χ4v) is 4.29. The monoisotopic (exact) mass is 397 g/mol. The Morgan fingerprint density at radius 1 is 1.11 bits per heavy atom. The van der Waals surface area contributed by atoms with Crippen molar-refractivity contribution in [2.45, 2.75) is 51.1 Å². The second-order valence-electron chi connectivity index (χ2n) is 7.77. The number of rotatable bonds is 6. The van der Waals surface area contributed by atoms with E-state index in [9.17, 15) is 9.18 Å². The molecule has 0 radical (unpaired) electrons. The lowest BCUT2D eigenvalue weighted by Crippen LogP contribution is -2.52. The maximum Gasteiger partial charge on any atom is 0.239 e. The molecule has 1 amide bonds. The zero-order valence-electron chi connectivity index (χ0n) is 16.3. The average molecular weight is 398 g/mol. The maximum absolute atomic E-state index is 13.1. The molecule has 1 N–H and O–H groups in total. The van der Waals surface area contributed by atoms with Gasteiger partial charge >= 0.3 is 0 Å². The topological polar surface area (TPSA) is 35.6 Å². The van der Waals surface area contributed by atoms with E-state index in [1.807, 2.05) is 19.2 Å². The Balaban J connectivity index is 0.00000261. The number of hydrogen-bond acceptors (Lipinski definition) is 3. The Morgan fingerprint density at radius 3 is 2.48 bits per heavy atom. The van der Waals surface area contributed by atoms with E-state index in [-0.39, 0.29) is 24.3 Å². The summed E-state index contributed by atoms with van der Waals surface area (Å²) in [6, 6.07) is 6.66. The molecule has 2 aliphatic heterocycles. The second kappa shape index (κ2) is 11.0. The van der Waals surface area contributed by atoms with Gasteiger partial charge in [0, 0.05) is 19.6 Å². The molecule has 0 saturated carbocycles. The van der Waals surface area contributed by atoms with Crippen LogP contribution in [0.3, 0.4) is 0 Å². The predicted octanol–water partition coefficient (Wildman–Crippen LogP) is 3.45. The molecule has 0 aliphatic carbocycles. The smallest absolute Gasteiger partial charge is 0.239 e. The number of likely N-dealkylation sites (tertiary alicyclic amines) is 2. The first-order valence-corrected chi connectivity index (χ1v) is 10.1. The van der Waals surface area contributed by atoms with Crippen LogP contribution in [0.2, 0.25) is 0 Å². The zero-order valence-corrected chi connectivity index (χ0v) is 17.1. The van der Waals surface area contributed by atoms with Crippen molar-refractivity contribution in [3.05, 3.63) is 35.6 Å². The number of halogens is 2. The molecule has 2 fully saturated rings. The van der Waals surface area contributed by atoms with Crippen LogP contribution in [0.15, 0.2) is 24.3 Å². The van der Waals surface area contributed by atoms with Crippen molar-refractivity contribution in [2.75, 3.05) is 33.2 Å². The Labute approximate surface area is 168 Å². The largest absolute Gasteiger partial charge is 0.341 e. The highest BCUT2D eigenvalue weighted by molar-refractivity contribution is 5.85. The molecule has 6 heteroatoms. The van der Waals surface area contributed by atoms with Crippen LogP contribution < -0.4 is 5.32 Å². The van der Waals surface area contributed by atoms with Crippen molar-refractivity contribution in [3.63, 3.8) is 0 Å². The van der Waals surface area contributed by atoms with Crippen LogP contribution in [0.1, 0.15) is 44.1 Å². The summed E-state index contributed by atoms with van der Waals surface area (Å²) in [4.78, 5) is 17.5. The number of hydrogen-bond donors (Lipinski definition) is 1. The van der Waals surface area contributed by atoms with Crippen LogP contribution in [-0.2, 0) is 11.3 Å². The fourth-order valence-electron chi connectivity index (χ4n) is 4.29. The van der Waals surface area contributed by atoms with Crippen molar-refractivity contribution >= 4 is 18.3 Å². The first kappa shape index (κ1) is 22.1. The molecule has 152 valence electrons. The van der Waals surface area contributed by atoms with Gasteiger partial charge in [-0.2, -0.15) is 0 Å². The van der Waals surface area contributed by atoms with Gasteiger partial charge in [0.25, 0.3) is 0 Å². The van der Waals surface area contributed by atoms with Gasteiger partial charge in [0.2, 0.25) is 5.91 Å². The molecular formula is C21H33ClFN3O. The van der Waals surface area contributed by atoms with Crippen LogP contribution >= 0.6 is 12.4 Å². The van der Waals surface area contributed by atoms with Gasteiger partial charge in [-0.15, -0.1) is 12.4 Å². The summed E-state index contributed by atoms with van der Waals surface area (Å²) in [5.41, 5.74) is 1.08. The SMILES string of the molecule is CNCCC1CCN(C(=O)C2CCCCN2Cc2ccc(F)cc2)CC1.Cl. The molecule has 2 heterocycles. The van der Waals surface area contributed by atoms with E-state index in [4.69, 9.17) is 0 Å². The molecule has 1 unspecified atom stereocenters. The lowest BCUT2D eigenvalue weighted by Gasteiger charge is -2.40. The number of benzene rings is 1. The molecule has 4 nitrogen and oxygen atoms in total. The van der Waals surface area contributed by atoms with E-state index in [0.717, 1.165) is 76.3 Å². The Morgan fingerprint density at radius 2 is 1.81 bits per heavy atom. The van der Waals surface area contributed by atoms with Crippen LogP contribution in [0, 0.1) is 11.7 Å². The van der Waals surface area contributed by atoms with Gasteiger partial charge in [-0.25, -0.2) is 4.39 Å². The Bertz CT molecular complexity index is 575. The minimum atomic E-state index is -0.207. The van der Waals surface area contributed by atoms with Gasteiger partial charge in [0.05, 0.1) is 6.04 Å². The molecule has 27 heavy (non-hydrogen) atoms. The standard InChI is InChI=1S/C21H32FN3O.ClH/c1-23-12-9-17-10-14-24(15-11-17)21(26)20-4-2-3-13-25(20)16-18-5-7-19(22)8-6-18;/h5-8,17,20,23H,2-4,9-16H2,1H3;1H. The van der Waals surface area contributed by atoms with E-state index >= 15 is 0 Å². The first-order chi connectivity index (χ1) is 12.7. The second-order valence-corrected chi connectivity index (χ2v) is 7.77. The Hall–Kier alpha value is -1.17. The lowest BCUT2D eigenvalue weighted by atomic mass is 9.92. The third-order valence-electron chi connectivity index (χ3n) is 5.93. The summed E-state index contributed by atoms with van der Waals surface area (Å²) in [5.74, 6) is 0.841. The first-order valence-electron chi connectivity index (χ1n) is 10.1. The summed E-state index contributed by atoms with van der Waals surface area (Å²) in [7, 11) is 2.00. The highest BCUT2D eigenvalue weighted by Crippen LogP contribution is 2.25. The Kier molecular flexibility index (Phi) is 9.00. The van der Waals surface area contributed by atoms with Crippen molar-refractivity contribution in [2.24, 2.45) is 5.92 Å². The number of carbonyl (C=O) groups excluding carboxylic acids is 1. The minimum Gasteiger partial charge on any atom is -0.341 e. The molecule has 1 aromatic rings. The predicted molar refractivity (Wildman–Crippen MR) is 110 cm³/mol. The van der Waals surface area contributed by atoms with Crippen LogP contribution in [0.25, 0.3) is 0 Å². The van der Waals surface area contributed by atoms with Gasteiger partial charge in [-0.1, -0.05) is 18.6 Å². The normalized spacial score (nSPS) is 21.7. The molecular weight excluding hydrogens is 365 g/mol. The summed E-state index contributed by atoms with van der Waals surface area (Å²) >= 11 is 0. The zero-order chi connectivity index (χ0) is 18.4. The van der Waals surface area contributed by atoms with E-state index in [1.165, 1.54) is 18.6 Å². The van der Waals surface area contributed by atoms with Gasteiger partial charge in [-0.3, -0.25) is 9.69 Å². The average Bonchev–Trinajstić information content (AvgIpc) is 2.68. The number of amides is 1. The highest BCUT2D eigenvalue weighted by atomic mass is 35.5. The van der Waals surface area contributed by atoms with Crippen molar-refractivity contribution < 1.29 is 9.18 Å². The van der Waals surface area contributed by atoms with Crippen molar-refractivity contribution in [3.8, 4) is 0 Å². The number of nitrogens with zero attached hydrogens (tertiary/aromatic N) is 2. The maximum atomic E-state index is 13.1. The van der Waals surface area contributed by atoms with Gasteiger partial charge in [-0.05, 0) is 75.9 Å². The molecule has 1 aromatic carbocycles. The number of carbonyl (C=O) groups is 1. The van der Waals surface area contributed by atoms with E-state index in [0.29, 0.717) is 5.91 Å². The summed E-state index contributed by atoms with van der Waals surface area (Å²) in [5, 5.41) is 3.22. The molecule has 0 bridgehead atoms. The van der Waals surface area contributed by atoms with Gasteiger partial charge < -0.3 is 10.2 Å². The molecule has 3 rings (SSSR count). The lowest BCUT2D eigenvalue weighted by molar-refractivity contribution is -0.140. The van der Waals surface area contributed by atoms with E-state index in [2.05, 4.69) is 15.1 Å². The van der Waals surface area contributed by atoms with Crippen LogP contribution in [0.5, 0.6) is 0 Å². The van der Waals surface area contributed by atoms with Crippen molar-refractivity contribution in [1.29, 1.82) is 0 Å². The highest BCUT2D eigenvalue weighted by Gasteiger charge is 2.33. The van der Waals surface area contributed by atoms with Gasteiger partial charge in [0.15, 0.2) is 0 Å². The molecule has 1 atom stereocenters. The minimum absolute atomic E-state index is 0.